The van der Waals surface area contributed by atoms with E-state index in [1.807, 2.05) is 30.3 Å². The van der Waals surface area contributed by atoms with E-state index in [2.05, 4.69) is 21.9 Å². The van der Waals surface area contributed by atoms with E-state index in [1.165, 1.54) is 6.07 Å². The number of amides is 1. The molecule has 6 nitrogen and oxygen atoms in total. The van der Waals surface area contributed by atoms with Gasteiger partial charge in [-0.3, -0.25) is 0 Å². The molecular weight excluding hydrogens is 334 g/mol. The number of benzene rings is 2. The van der Waals surface area contributed by atoms with Crippen molar-refractivity contribution in [3.05, 3.63) is 70.8 Å². The Morgan fingerprint density at radius 1 is 1.04 bits per heavy atom. The Bertz CT molecular complexity index is 909. The number of carbonyl (C=O) groups excluding carboxylic acids is 3. The van der Waals surface area contributed by atoms with Crippen molar-refractivity contribution in [1.82, 2.24) is 5.32 Å². The Hall–Kier alpha value is -3.59. The lowest BCUT2D eigenvalue weighted by atomic mass is 10.0. The molecule has 130 valence electrons. The maximum atomic E-state index is 11.7. The van der Waals surface area contributed by atoms with E-state index in [4.69, 9.17) is 4.74 Å². The zero-order valence-electron chi connectivity index (χ0n) is 13.8. The number of nitrogens with one attached hydrogen (secondary N) is 1. The molecule has 0 aliphatic carbocycles. The van der Waals surface area contributed by atoms with Crippen molar-refractivity contribution in [3.8, 4) is 11.8 Å². The standard InChI is InChI=1S/C20H15NO5/c22-18-16-11-6-10-15(17(16)19(23)26-18)9-4-5-12-21-20(24)25-13-14-7-2-1-3-8-14/h1-3,6-8,10-11H,5,12-13H2,(H,21,24). The van der Waals surface area contributed by atoms with Crippen LogP contribution in [-0.2, 0) is 16.1 Å². The van der Waals surface area contributed by atoms with Gasteiger partial charge >= 0.3 is 18.0 Å². The van der Waals surface area contributed by atoms with Crippen molar-refractivity contribution in [1.29, 1.82) is 0 Å². The molecule has 2 aromatic rings. The first kappa shape index (κ1) is 17.2. The molecule has 1 heterocycles. The molecule has 0 fully saturated rings. The Morgan fingerprint density at radius 2 is 1.85 bits per heavy atom. The molecule has 2 aromatic carbocycles. The zero-order valence-corrected chi connectivity index (χ0v) is 13.8. The van der Waals surface area contributed by atoms with Gasteiger partial charge < -0.3 is 14.8 Å². The van der Waals surface area contributed by atoms with Gasteiger partial charge in [0.15, 0.2) is 0 Å². The van der Waals surface area contributed by atoms with E-state index in [1.54, 1.807) is 12.1 Å². The van der Waals surface area contributed by atoms with E-state index in [0.29, 0.717) is 18.5 Å². The number of carbonyl (C=O) groups is 3. The van der Waals surface area contributed by atoms with Gasteiger partial charge in [-0.15, -0.1) is 0 Å². The molecule has 0 bridgehead atoms. The van der Waals surface area contributed by atoms with Gasteiger partial charge in [0.25, 0.3) is 0 Å². The molecule has 1 N–H and O–H groups in total. The highest BCUT2D eigenvalue weighted by Crippen LogP contribution is 2.22. The quantitative estimate of drug-likeness (QED) is 0.397. The van der Waals surface area contributed by atoms with Gasteiger partial charge in [0, 0.05) is 18.5 Å². The second-order valence-corrected chi connectivity index (χ2v) is 5.45. The molecule has 1 aliphatic rings. The Morgan fingerprint density at radius 3 is 2.65 bits per heavy atom. The van der Waals surface area contributed by atoms with Gasteiger partial charge in [0.05, 0.1) is 11.1 Å². The van der Waals surface area contributed by atoms with Gasteiger partial charge in [0.1, 0.15) is 6.61 Å². The van der Waals surface area contributed by atoms with Crippen LogP contribution >= 0.6 is 0 Å². The summed E-state index contributed by atoms with van der Waals surface area (Å²) in [7, 11) is 0. The van der Waals surface area contributed by atoms with Crippen LogP contribution in [0.1, 0.15) is 38.3 Å². The van der Waals surface area contributed by atoms with Crippen molar-refractivity contribution in [2.24, 2.45) is 0 Å². The van der Waals surface area contributed by atoms with Crippen LogP contribution in [0.3, 0.4) is 0 Å². The molecule has 0 saturated carbocycles. The van der Waals surface area contributed by atoms with Crippen molar-refractivity contribution in [3.63, 3.8) is 0 Å². The Kier molecular flexibility index (Phi) is 5.30. The van der Waals surface area contributed by atoms with Crippen LogP contribution < -0.4 is 5.32 Å². The number of fused-ring (bicyclic) bond motifs is 1. The van der Waals surface area contributed by atoms with Crippen LogP contribution in [0.15, 0.2) is 48.5 Å². The number of cyclic esters (lactones) is 2. The molecule has 0 unspecified atom stereocenters. The molecule has 0 radical (unpaired) electrons. The van der Waals surface area contributed by atoms with E-state index in [9.17, 15) is 14.4 Å². The maximum absolute atomic E-state index is 11.7. The summed E-state index contributed by atoms with van der Waals surface area (Å²) in [5.41, 5.74) is 1.76. The van der Waals surface area contributed by atoms with Crippen molar-refractivity contribution in [2.75, 3.05) is 6.54 Å². The van der Waals surface area contributed by atoms with Gasteiger partial charge in [-0.1, -0.05) is 48.2 Å². The monoisotopic (exact) mass is 349 g/mol. The topological polar surface area (TPSA) is 81.7 Å². The molecule has 1 amide bonds. The van der Waals surface area contributed by atoms with Crippen LogP contribution in [0.25, 0.3) is 0 Å². The Labute approximate surface area is 150 Å². The molecule has 0 spiro atoms. The summed E-state index contributed by atoms with van der Waals surface area (Å²) in [6, 6.07) is 14.2. The predicted octanol–water partition coefficient (Wildman–Crippen LogP) is 2.67. The first-order chi connectivity index (χ1) is 12.6. The number of hydrogen-bond acceptors (Lipinski definition) is 5. The molecule has 1 aliphatic heterocycles. The summed E-state index contributed by atoms with van der Waals surface area (Å²) < 4.78 is 9.66. The lowest BCUT2D eigenvalue weighted by Crippen LogP contribution is -2.24. The minimum Gasteiger partial charge on any atom is -0.445 e. The van der Waals surface area contributed by atoms with Crippen LogP contribution in [-0.4, -0.2) is 24.6 Å². The van der Waals surface area contributed by atoms with Gasteiger partial charge in [-0.2, -0.15) is 0 Å². The zero-order chi connectivity index (χ0) is 18.4. The molecule has 6 heteroatoms. The lowest BCUT2D eigenvalue weighted by Gasteiger charge is -2.05. The molecule has 26 heavy (non-hydrogen) atoms. The average Bonchev–Trinajstić information content (AvgIpc) is 2.95. The summed E-state index contributed by atoms with van der Waals surface area (Å²) in [5, 5.41) is 2.60. The summed E-state index contributed by atoms with van der Waals surface area (Å²) in [5.74, 6) is 4.35. The van der Waals surface area contributed by atoms with Crippen LogP contribution in [0.5, 0.6) is 0 Å². The fourth-order valence-electron chi connectivity index (χ4n) is 2.40. The SMILES string of the molecule is O=C(NCCC#Cc1cccc2c1C(=O)OC2=O)OCc1ccccc1. The van der Waals surface area contributed by atoms with Crippen LogP contribution in [0, 0.1) is 11.8 Å². The number of hydrogen-bond donors (Lipinski definition) is 1. The third kappa shape index (κ3) is 4.08. The smallest absolute Gasteiger partial charge is 0.407 e. The number of ether oxygens (including phenoxy) is 2. The molecule has 3 rings (SSSR count). The second kappa shape index (κ2) is 7.99. The first-order valence-corrected chi connectivity index (χ1v) is 7.98. The van der Waals surface area contributed by atoms with E-state index in [-0.39, 0.29) is 17.7 Å². The maximum Gasteiger partial charge on any atom is 0.407 e. The molecular formula is C20H15NO5. The largest absolute Gasteiger partial charge is 0.445 e. The van der Waals surface area contributed by atoms with Crippen molar-refractivity contribution in [2.45, 2.75) is 13.0 Å². The second-order valence-electron chi connectivity index (χ2n) is 5.45. The average molecular weight is 349 g/mol. The van der Waals surface area contributed by atoms with Gasteiger partial charge in [-0.05, 0) is 17.7 Å². The van der Waals surface area contributed by atoms with E-state index in [0.717, 1.165) is 5.56 Å². The van der Waals surface area contributed by atoms with E-state index >= 15 is 0 Å². The molecule has 0 atom stereocenters. The number of esters is 2. The van der Waals surface area contributed by atoms with E-state index < -0.39 is 18.0 Å². The predicted molar refractivity (Wildman–Crippen MR) is 92.3 cm³/mol. The lowest BCUT2D eigenvalue weighted by molar-refractivity contribution is 0.0443. The molecule has 0 aromatic heterocycles. The fraction of sp³-hybridized carbons (Fsp3) is 0.150. The minimum absolute atomic E-state index is 0.195. The fourth-order valence-corrected chi connectivity index (χ4v) is 2.40. The third-order valence-electron chi connectivity index (χ3n) is 3.63. The summed E-state index contributed by atoms with van der Waals surface area (Å²) in [6.07, 6.45) is -0.155. The first-order valence-electron chi connectivity index (χ1n) is 7.98. The molecule has 0 saturated heterocycles. The number of alkyl carbamates (subject to hydrolysis) is 1. The van der Waals surface area contributed by atoms with Crippen LogP contribution in [0.4, 0.5) is 4.79 Å². The highest BCUT2D eigenvalue weighted by atomic mass is 16.6. The number of rotatable bonds is 4. The summed E-state index contributed by atoms with van der Waals surface area (Å²) in [4.78, 5) is 34.8. The summed E-state index contributed by atoms with van der Waals surface area (Å²) >= 11 is 0. The Balaban J connectivity index is 1.47. The highest BCUT2D eigenvalue weighted by molar-refractivity contribution is 6.15. The normalized spacial score (nSPS) is 11.8. The van der Waals surface area contributed by atoms with Gasteiger partial charge in [-0.25, -0.2) is 14.4 Å². The van der Waals surface area contributed by atoms with Crippen molar-refractivity contribution < 1.29 is 23.9 Å². The minimum atomic E-state index is -0.683. The van der Waals surface area contributed by atoms with Crippen molar-refractivity contribution >= 4 is 18.0 Å². The third-order valence-corrected chi connectivity index (χ3v) is 3.63. The summed E-state index contributed by atoms with van der Waals surface area (Å²) in [6.45, 7) is 0.504. The van der Waals surface area contributed by atoms with Gasteiger partial charge in [0.2, 0.25) is 0 Å². The highest BCUT2D eigenvalue weighted by Gasteiger charge is 2.31. The van der Waals surface area contributed by atoms with Crippen LogP contribution in [0.2, 0.25) is 0 Å².